The van der Waals surface area contributed by atoms with Crippen LogP contribution in [0.3, 0.4) is 0 Å². The molecule has 0 fully saturated rings. The number of benzene rings is 1. The first-order valence-corrected chi connectivity index (χ1v) is 7.89. The number of rotatable bonds is 5. The van der Waals surface area contributed by atoms with E-state index in [9.17, 15) is 0 Å². The van der Waals surface area contributed by atoms with Gasteiger partial charge in [-0.2, -0.15) is 5.10 Å². The van der Waals surface area contributed by atoms with Crippen LogP contribution in [-0.4, -0.2) is 16.3 Å². The van der Waals surface area contributed by atoms with Gasteiger partial charge in [-0.1, -0.05) is 46.6 Å². The van der Waals surface area contributed by atoms with E-state index in [1.165, 1.54) is 11.1 Å². The third-order valence-electron chi connectivity index (χ3n) is 3.43. The van der Waals surface area contributed by atoms with Crippen LogP contribution in [0.1, 0.15) is 36.2 Å². The van der Waals surface area contributed by atoms with E-state index in [1.807, 2.05) is 11.7 Å². The average molecular weight is 357 g/mol. The first kappa shape index (κ1) is 15.5. The molecule has 0 bridgehead atoms. The topological polar surface area (TPSA) is 29.9 Å². The molecular weight excluding hydrogens is 338 g/mol. The molecule has 1 aromatic carbocycles. The maximum absolute atomic E-state index is 6.33. The normalized spacial score (nSPS) is 12.7. The highest BCUT2D eigenvalue weighted by atomic mass is 79.9. The number of nitrogens with zero attached hydrogens (tertiary/aromatic N) is 2. The molecule has 0 amide bonds. The van der Waals surface area contributed by atoms with Gasteiger partial charge < -0.3 is 5.32 Å². The monoisotopic (exact) mass is 355 g/mol. The van der Waals surface area contributed by atoms with Gasteiger partial charge in [0.25, 0.3) is 0 Å². The summed E-state index contributed by atoms with van der Waals surface area (Å²) in [5.74, 6) is 0. The second kappa shape index (κ2) is 6.74. The third-order valence-corrected chi connectivity index (χ3v) is 4.58. The minimum absolute atomic E-state index is 0.0486. The van der Waals surface area contributed by atoms with E-state index in [0.717, 1.165) is 23.1 Å². The van der Waals surface area contributed by atoms with Crippen molar-refractivity contribution in [3.8, 4) is 0 Å². The summed E-state index contributed by atoms with van der Waals surface area (Å²) < 4.78 is 2.95. The highest BCUT2D eigenvalue weighted by Crippen LogP contribution is 2.32. The number of aromatic nitrogens is 2. The number of aryl methyl sites for hydroxylation is 1. The van der Waals surface area contributed by atoms with Crippen molar-refractivity contribution in [2.45, 2.75) is 26.3 Å². The van der Waals surface area contributed by atoms with Crippen LogP contribution < -0.4 is 5.32 Å². The molecule has 0 aliphatic heterocycles. The molecule has 1 atom stereocenters. The van der Waals surface area contributed by atoms with Gasteiger partial charge in [0.05, 0.1) is 23.0 Å². The fourth-order valence-electron chi connectivity index (χ4n) is 2.32. The number of nitrogens with one attached hydrogen (secondary N) is 1. The van der Waals surface area contributed by atoms with Gasteiger partial charge >= 0.3 is 0 Å². The minimum atomic E-state index is 0.0486. The molecule has 3 nitrogen and oxygen atoms in total. The van der Waals surface area contributed by atoms with Crippen molar-refractivity contribution in [3.63, 3.8) is 0 Å². The van der Waals surface area contributed by atoms with Crippen LogP contribution in [-0.2, 0) is 7.05 Å². The average Bonchev–Trinajstić information content (AvgIpc) is 2.75. The predicted molar refractivity (Wildman–Crippen MR) is 87.2 cm³/mol. The maximum atomic E-state index is 6.33. The molecule has 2 rings (SSSR count). The molecule has 20 heavy (non-hydrogen) atoms. The molecular formula is C15H19BrClN3. The maximum Gasteiger partial charge on any atom is 0.0837 e. The highest BCUT2D eigenvalue weighted by Gasteiger charge is 2.22. The van der Waals surface area contributed by atoms with E-state index >= 15 is 0 Å². The Morgan fingerprint density at radius 2 is 2.20 bits per heavy atom. The molecule has 108 valence electrons. The fraction of sp³-hybridized carbons (Fsp3) is 0.400. The summed E-state index contributed by atoms with van der Waals surface area (Å²) in [6.45, 7) is 5.20. The Morgan fingerprint density at radius 1 is 1.45 bits per heavy atom. The zero-order valence-corrected chi connectivity index (χ0v) is 14.3. The van der Waals surface area contributed by atoms with Crippen molar-refractivity contribution in [3.05, 3.63) is 50.7 Å². The predicted octanol–water partition coefficient (Wildman–Crippen LogP) is 4.23. The lowest BCUT2D eigenvalue weighted by Gasteiger charge is -2.22. The summed E-state index contributed by atoms with van der Waals surface area (Å²) in [7, 11) is 1.93. The van der Waals surface area contributed by atoms with Gasteiger partial charge in [0.1, 0.15) is 0 Å². The van der Waals surface area contributed by atoms with Crippen molar-refractivity contribution in [2.75, 3.05) is 6.54 Å². The number of halogens is 2. The van der Waals surface area contributed by atoms with Crippen molar-refractivity contribution < 1.29 is 0 Å². The summed E-state index contributed by atoms with van der Waals surface area (Å²) in [6, 6.07) is 6.29. The van der Waals surface area contributed by atoms with Crippen molar-refractivity contribution in [2.24, 2.45) is 7.05 Å². The van der Waals surface area contributed by atoms with Crippen LogP contribution in [0.15, 0.2) is 28.9 Å². The van der Waals surface area contributed by atoms with Crippen LogP contribution in [0, 0.1) is 6.92 Å². The Hall–Kier alpha value is -0.840. The fourth-order valence-corrected chi connectivity index (χ4v) is 2.98. The standard InChI is InChI=1S/C15H19BrClN3/c1-4-8-18-14(15-13(17)9-19-20(15)3)11-6-5-7-12(16)10(11)2/h5-7,9,14,18H,4,8H2,1-3H3. The minimum Gasteiger partial charge on any atom is -0.305 e. The zero-order chi connectivity index (χ0) is 14.7. The Balaban J connectivity index is 2.50. The highest BCUT2D eigenvalue weighted by molar-refractivity contribution is 9.10. The molecule has 2 aromatic rings. The van der Waals surface area contributed by atoms with E-state index in [2.05, 4.69) is 58.4 Å². The van der Waals surface area contributed by atoms with Crippen LogP contribution >= 0.6 is 27.5 Å². The molecule has 0 saturated carbocycles. The van der Waals surface area contributed by atoms with E-state index < -0.39 is 0 Å². The van der Waals surface area contributed by atoms with Crippen LogP contribution in [0.25, 0.3) is 0 Å². The molecule has 0 aliphatic carbocycles. The first-order chi connectivity index (χ1) is 9.56. The van der Waals surface area contributed by atoms with Crippen LogP contribution in [0.4, 0.5) is 0 Å². The van der Waals surface area contributed by atoms with Gasteiger partial charge in [-0.15, -0.1) is 0 Å². The summed E-state index contributed by atoms with van der Waals surface area (Å²) in [6.07, 6.45) is 2.77. The van der Waals surface area contributed by atoms with Gasteiger partial charge in [0.15, 0.2) is 0 Å². The van der Waals surface area contributed by atoms with E-state index in [4.69, 9.17) is 11.6 Å². The smallest absolute Gasteiger partial charge is 0.0837 e. The summed E-state index contributed by atoms with van der Waals surface area (Å²) >= 11 is 9.93. The van der Waals surface area contributed by atoms with Crippen molar-refractivity contribution in [1.29, 1.82) is 0 Å². The quantitative estimate of drug-likeness (QED) is 0.868. The largest absolute Gasteiger partial charge is 0.305 e. The summed E-state index contributed by atoms with van der Waals surface area (Å²) in [5.41, 5.74) is 3.44. The second-order valence-electron chi connectivity index (χ2n) is 4.84. The second-order valence-corrected chi connectivity index (χ2v) is 6.10. The van der Waals surface area contributed by atoms with Gasteiger partial charge in [-0.25, -0.2) is 0 Å². The third kappa shape index (κ3) is 3.08. The van der Waals surface area contributed by atoms with Crippen LogP contribution in [0.5, 0.6) is 0 Å². The van der Waals surface area contributed by atoms with E-state index in [0.29, 0.717) is 5.02 Å². The Morgan fingerprint density at radius 3 is 2.80 bits per heavy atom. The lowest BCUT2D eigenvalue weighted by Crippen LogP contribution is -2.26. The molecule has 0 radical (unpaired) electrons. The number of hydrogen-bond acceptors (Lipinski definition) is 2. The summed E-state index contributed by atoms with van der Waals surface area (Å²) in [5, 5.41) is 8.52. The molecule has 1 N–H and O–H groups in total. The molecule has 0 aliphatic rings. The van der Waals surface area contributed by atoms with Crippen LogP contribution in [0.2, 0.25) is 5.02 Å². The lowest BCUT2D eigenvalue weighted by atomic mass is 9.98. The van der Waals surface area contributed by atoms with Gasteiger partial charge in [0, 0.05) is 11.5 Å². The Bertz CT molecular complexity index is 575. The van der Waals surface area contributed by atoms with E-state index in [1.54, 1.807) is 6.20 Å². The molecule has 0 spiro atoms. The van der Waals surface area contributed by atoms with E-state index in [-0.39, 0.29) is 6.04 Å². The number of hydrogen-bond donors (Lipinski definition) is 1. The molecule has 1 aromatic heterocycles. The van der Waals surface area contributed by atoms with Crippen molar-refractivity contribution >= 4 is 27.5 Å². The first-order valence-electron chi connectivity index (χ1n) is 6.72. The van der Waals surface area contributed by atoms with Crippen molar-refractivity contribution in [1.82, 2.24) is 15.1 Å². The molecule has 0 saturated heterocycles. The van der Waals surface area contributed by atoms with Gasteiger partial charge in [-0.05, 0) is 37.1 Å². The van der Waals surface area contributed by atoms with Gasteiger partial charge in [0.2, 0.25) is 0 Å². The van der Waals surface area contributed by atoms with Gasteiger partial charge in [-0.3, -0.25) is 4.68 Å². The Kier molecular flexibility index (Phi) is 5.24. The lowest BCUT2D eigenvalue weighted by molar-refractivity contribution is 0.552. The summed E-state index contributed by atoms with van der Waals surface area (Å²) in [4.78, 5) is 0. The SMILES string of the molecule is CCCNC(c1cccc(Br)c1C)c1c(Cl)cnn1C. The molecule has 1 heterocycles. The molecule has 5 heteroatoms. The molecule has 1 unspecified atom stereocenters. The zero-order valence-electron chi connectivity index (χ0n) is 12.0. The Labute approximate surface area is 133 Å².